The Morgan fingerprint density at radius 3 is 2.67 bits per heavy atom. The van der Waals surface area contributed by atoms with Crippen molar-refractivity contribution in [3.8, 4) is 0 Å². The first-order valence-corrected chi connectivity index (χ1v) is 7.31. The standard InChI is InChI=1S/C11H16O2S2/c1-3-6-10(12)11(7-4-2)14-8-5-9-15(11)13/h3-4,6-7H,5,8-9H2,1-2H3/b6-3+,7-4+/t11-,15+/m1/s1. The van der Waals surface area contributed by atoms with E-state index in [9.17, 15) is 9.00 Å². The summed E-state index contributed by atoms with van der Waals surface area (Å²) in [5, 5.41) is 0. The third-order valence-electron chi connectivity index (χ3n) is 2.18. The van der Waals surface area contributed by atoms with Gasteiger partial charge >= 0.3 is 0 Å². The average Bonchev–Trinajstić information content (AvgIpc) is 2.22. The topological polar surface area (TPSA) is 34.1 Å². The van der Waals surface area contributed by atoms with Crippen molar-refractivity contribution in [2.75, 3.05) is 11.5 Å². The van der Waals surface area contributed by atoms with Gasteiger partial charge in [0.15, 0.2) is 9.86 Å². The number of carbonyl (C=O) groups excluding carboxylic acids is 1. The first-order chi connectivity index (χ1) is 7.17. The maximum atomic E-state index is 12.0. The average molecular weight is 244 g/mol. The largest absolute Gasteiger partial charge is 0.292 e. The van der Waals surface area contributed by atoms with Gasteiger partial charge in [-0.2, -0.15) is 0 Å². The number of ketones is 1. The third-order valence-corrected chi connectivity index (χ3v) is 6.02. The van der Waals surface area contributed by atoms with Crippen molar-refractivity contribution < 1.29 is 9.00 Å². The highest BCUT2D eigenvalue weighted by molar-refractivity contribution is 8.14. The highest BCUT2D eigenvalue weighted by Crippen LogP contribution is 2.37. The second kappa shape index (κ2) is 5.66. The molecular weight excluding hydrogens is 228 g/mol. The fraction of sp³-hybridized carbons (Fsp3) is 0.545. The zero-order valence-electron chi connectivity index (χ0n) is 9.06. The van der Waals surface area contributed by atoms with Crippen LogP contribution in [-0.4, -0.2) is 25.6 Å². The molecule has 2 nitrogen and oxygen atoms in total. The summed E-state index contributed by atoms with van der Waals surface area (Å²) in [6.07, 6.45) is 7.77. The van der Waals surface area contributed by atoms with Gasteiger partial charge in [-0.3, -0.25) is 9.00 Å². The van der Waals surface area contributed by atoms with Crippen LogP contribution in [-0.2, 0) is 15.6 Å². The molecule has 1 rings (SSSR count). The summed E-state index contributed by atoms with van der Waals surface area (Å²) in [5.41, 5.74) is 0. The summed E-state index contributed by atoms with van der Waals surface area (Å²) in [6, 6.07) is 0. The van der Waals surface area contributed by atoms with Gasteiger partial charge in [-0.05, 0) is 32.1 Å². The van der Waals surface area contributed by atoms with E-state index in [4.69, 9.17) is 0 Å². The Kier molecular flexibility index (Phi) is 4.80. The van der Waals surface area contributed by atoms with Crippen LogP contribution in [0.3, 0.4) is 0 Å². The molecule has 1 aliphatic rings. The van der Waals surface area contributed by atoms with Crippen molar-refractivity contribution in [3.63, 3.8) is 0 Å². The van der Waals surface area contributed by atoms with E-state index in [0.29, 0.717) is 5.75 Å². The van der Waals surface area contributed by atoms with Crippen molar-refractivity contribution in [1.82, 2.24) is 0 Å². The molecule has 0 bridgehead atoms. The Bertz CT molecular complexity index is 321. The molecule has 0 unspecified atom stereocenters. The van der Waals surface area contributed by atoms with Gasteiger partial charge in [0.05, 0.1) is 0 Å². The minimum atomic E-state index is -1.09. The molecule has 0 spiro atoms. The lowest BCUT2D eigenvalue weighted by molar-refractivity contribution is -0.114. The molecule has 0 saturated carbocycles. The second-order valence-electron chi connectivity index (χ2n) is 3.28. The van der Waals surface area contributed by atoms with Crippen molar-refractivity contribution in [1.29, 1.82) is 0 Å². The summed E-state index contributed by atoms with van der Waals surface area (Å²) in [5.74, 6) is 1.48. The lowest BCUT2D eigenvalue weighted by Crippen LogP contribution is -2.41. The number of allylic oxidation sites excluding steroid dienone is 3. The monoisotopic (exact) mass is 244 g/mol. The molecular formula is C11H16O2S2. The lowest BCUT2D eigenvalue weighted by Gasteiger charge is -2.30. The molecule has 0 N–H and O–H groups in total. The normalized spacial score (nSPS) is 32.5. The molecule has 0 aromatic carbocycles. The molecule has 4 heteroatoms. The van der Waals surface area contributed by atoms with E-state index in [1.807, 2.05) is 13.0 Å². The molecule has 0 aliphatic carbocycles. The van der Waals surface area contributed by atoms with Gasteiger partial charge in [-0.15, -0.1) is 11.8 Å². The van der Waals surface area contributed by atoms with Crippen molar-refractivity contribution >= 4 is 28.3 Å². The number of hydrogen-bond acceptors (Lipinski definition) is 3. The van der Waals surface area contributed by atoms with Crippen LogP contribution < -0.4 is 0 Å². The van der Waals surface area contributed by atoms with E-state index in [0.717, 1.165) is 12.2 Å². The van der Waals surface area contributed by atoms with E-state index in [1.54, 1.807) is 19.1 Å². The van der Waals surface area contributed by atoms with E-state index in [-0.39, 0.29) is 5.78 Å². The van der Waals surface area contributed by atoms with Crippen LogP contribution in [0.4, 0.5) is 0 Å². The molecule has 0 amide bonds. The molecule has 0 aromatic heterocycles. The summed E-state index contributed by atoms with van der Waals surface area (Å²) in [6.45, 7) is 3.66. The predicted octanol–water partition coefficient (Wildman–Crippen LogP) is 2.29. The molecule has 1 fully saturated rings. The van der Waals surface area contributed by atoms with Crippen LogP contribution in [0.5, 0.6) is 0 Å². The van der Waals surface area contributed by atoms with Gasteiger partial charge < -0.3 is 0 Å². The van der Waals surface area contributed by atoms with Crippen molar-refractivity contribution in [3.05, 3.63) is 24.3 Å². The minimum Gasteiger partial charge on any atom is -0.292 e. The van der Waals surface area contributed by atoms with E-state index in [2.05, 4.69) is 0 Å². The van der Waals surface area contributed by atoms with Crippen LogP contribution in [0.2, 0.25) is 0 Å². The van der Waals surface area contributed by atoms with E-state index < -0.39 is 14.9 Å². The maximum absolute atomic E-state index is 12.0. The zero-order valence-corrected chi connectivity index (χ0v) is 10.7. The first-order valence-electron chi connectivity index (χ1n) is 5.01. The van der Waals surface area contributed by atoms with Crippen molar-refractivity contribution in [2.24, 2.45) is 0 Å². The highest BCUT2D eigenvalue weighted by Gasteiger charge is 2.42. The maximum Gasteiger partial charge on any atom is 0.187 e. The zero-order chi connectivity index (χ0) is 11.3. The van der Waals surface area contributed by atoms with Gasteiger partial charge in [-0.1, -0.05) is 18.2 Å². The Balaban J connectivity index is 3.05. The summed E-state index contributed by atoms with van der Waals surface area (Å²) >= 11 is 1.50. The lowest BCUT2D eigenvalue weighted by atomic mass is 10.2. The minimum absolute atomic E-state index is 0.0499. The number of thioether (sulfide) groups is 1. The molecule has 1 aliphatic heterocycles. The number of hydrogen-bond donors (Lipinski definition) is 0. The Labute approximate surface area is 97.7 Å². The summed E-state index contributed by atoms with van der Waals surface area (Å²) in [4.78, 5) is 12.0. The number of carbonyl (C=O) groups is 1. The van der Waals surface area contributed by atoms with Crippen molar-refractivity contribution in [2.45, 2.75) is 24.3 Å². The summed E-state index contributed by atoms with van der Waals surface area (Å²) < 4.78 is 11.2. The van der Waals surface area contributed by atoms with Gasteiger partial charge in [0.25, 0.3) is 0 Å². The van der Waals surface area contributed by atoms with Crippen LogP contribution in [0.25, 0.3) is 0 Å². The molecule has 0 aromatic rings. The van der Waals surface area contributed by atoms with E-state index in [1.165, 1.54) is 17.8 Å². The van der Waals surface area contributed by atoms with Gasteiger partial charge in [0.1, 0.15) is 0 Å². The molecule has 1 heterocycles. The summed E-state index contributed by atoms with van der Waals surface area (Å²) in [7, 11) is -1.09. The smallest absolute Gasteiger partial charge is 0.187 e. The fourth-order valence-corrected chi connectivity index (χ4v) is 5.04. The molecule has 84 valence electrons. The Hall–Kier alpha value is -0.350. The Morgan fingerprint density at radius 1 is 1.40 bits per heavy atom. The molecule has 2 atom stereocenters. The predicted molar refractivity (Wildman–Crippen MR) is 67.5 cm³/mol. The van der Waals surface area contributed by atoms with Gasteiger partial charge in [-0.25, -0.2) is 0 Å². The second-order valence-corrected chi connectivity index (χ2v) is 6.63. The van der Waals surface area contributed by atoms with Crippen LogP contribution in [0.1, 0.15) is 20.3 Å². The quantitative estimate of drug-likeness (QED) is 0.564. The van der Waals surface area contributed by atoms with Crippen LogP contribution >= 0.6 is 11.8 Å². The fourth-order valence-electron chi connectivity index (χ4n) is 1.51. The van der Waals surface area contributed by atoms with Gasteiger partial charge in [0.2, 0.25) is 0 Å². The van der Waals surface area contributed by atoms with Crippen LogP contribution in [0.15, 0.2) is 24.3 Å². The van der Waals surface area contributed by atoms with Crippen LogP contribution in [0, 0.1) is 0 Å². The number of rotatable bonds is 3. The van der Waals surface area contributed by atoms with E-state index >= 15 is 0 Å². The molecule has 1 saturated heterocycles. The molecule has 15 heavy (non-hydrogen) atoms. The molecule has 0 radical (unpaired) electrons. The highest BCUT2D eigenvalue weighted by atomic mass is 32.2. The van der Waals surface area contributed by atoms with Gasteiger partial charge in [0, 0.05) is 16.6 Å². The Morgan fingerprint density at radius 2 is 2.13 bits per heavy atom. The third kappa shape index (κ3) is 2.61. The SMILES string of the molecule is C/C=C/C(=O)[C@]1(/C=C/C)SCCC[S@@]1=O. The first kappa shape index (κ1) is 12.7.